The molecule has 0 aliphatic rings. The van der Waals surface area contributed by atoms with Crippen molar-refractivity contribution < 1.29 is 4.79 Å². The third kappa shape index (κ3) is 2.44. The highest BCUT2D eigenvalue weighted by Crippen LogP contribution is 2.30. The summed E-state index contributed by atoms with van der Waals surface area (Å²) in [6.45, 7) is 1.89. The number of halogens is 2. The van der Waals surface area contributed by atoms with Crippen molar-refractivity contribution in [3.63, 3.8) is 0 Å². The fraction of sp³-hybridized carbons (Fsp3) is 0.0556. The molecule has 3 heteroatoms. The number of fused-ring (bicyclic) bond motifs is 1. The van der Waals surface area contributed by atoms with Crippen molar-refractivity contribution in [3.8, 4) is 0 Å². The molecule has 0 unspecified atom stereocenters. The van der Waals surface area contributed by atoms with Crippen LogP contribution in [0.5, 0.6) is 0 Å². The van der Waals surface area contributed by atoms with Crippen LogP contribution >= 0.6 is 23.2 Å². The average molecular weight is 315 g/mol. The second kappa shape index (κ2) is 5.51. The van der Waals surface area contributed by atoms with Gasteiger partial charge in [-0.25, -0.2) is 0 Å². The third-order valence-electron chi connectivity index (χ3n) is 3.55. The highest BCUT2D eigenvalue weighted by Gasteiger charge is 2.17. The van der Waals surface area contributed by atoms with Crippen molar-refractivity contribution in [1.29, 1.82) is 0 Å². The first-order valence-corrected chi connectivity index (χ1v) is 7.32. The lowest BCUT2D eigenvalue weighted by atomic mass is 9.96. The van der Waals surface area contributed by atoms with Crippen LogP contribution in [0.4, 0.5) is 0 Å². The van der Waals surface area contributed by atoms with Crippen molar-refractivity contribution in [2.75, 3.05) is 0 Å². The van der Waals surface area contributed by atoms with Crippen LogP contribution in [-0.4, -0.2) is 5.78 Å². The Morgan fingerprint density at radius 2 is 1.52 bits per heavy atom. The predicted octanol–water partition coefficient (Wildman–Crippen LogP) is 5.69. The maximum Gasteiger partial charge on any atom is 0.195 e. The standard InChI is InChI=1S/C18H12Cl2O/c1-11-5-4-8-15(17(11)20)18(21)14-9-10-16(19)13-7-3-2-6-12(13)14/h2-10H,1H3. The van der Waals surface area contributed by atoms with E-state index >= 15 is 0 Å². The summed E-state index contributed by atoms with van der Waals surface area (Å²) in [7, 11) is 0. The van der Waals surface area contributed by atoms with Crippen molar-refractivity contribution in [2.24, 2.45) is 0 Å². The first-order valence-electron chi connectivity index (χ1n) is 6.56. The van der Waals surface area contributed by atoms with Crippen LogP contribution in [0.3, 0.4) is 0 Å². The van der Waals surface area contributed by atoms with E-state index in [1.807, 2.05) is 43.3 Å². The topological polar surface area (TPSA) is 17.1 Å². The Labute approximate surface area is 133 Å². The van der Waals surface area contributed by atoms with Crippen LogP contribution in [0.1, 0.15) is 21.5 Å². The predicted molar refractivity (Wildman–Crippen MR) is 88.6 cm³/mol. The Morgan fingerprint density at radius 3 is 2.29 bits per heavy atom. The summed E-state index contributed by atoms with van der Waals surface area (Å²) in [5, 5.41) is 2.85. The monoisotopic (exact) mass is 314 g/mol. The minimum absolute atomic E-state index is 0.0865. The van der Waals surface area contributed by atoms with Gasteiger partial charge in [0.25, 0.3) is 0 Å². The van der Waals surface area contributed by atoms with Gasteiger partial charge in [0.05, 0.1) is 5.02 Å². The number of hydrogen-bond acceptors (Lipinski definition) is 1. The van der Waals surface area contributed by atoms with Gasteiger partial charge in [-0.05, 0) is 36.1 Å². The molecule has 0 heterocycles. The zero-order valence-corrected chi connectivity index (χ0v) is 12.9. The van der Waals surface area contributed by atoms with Crippen molar-refractivity contribution in [3.05, 3.63) is 81.3 Å². The molecular weight excluding hydrogens is 303 g/mol. The molecule has 0 saturated heterocycles. The van der Waals surface area contributed by atoms with Gasteiger partial charge in [-0.15, -0.1) is 0 Å². The second-order valence-corrected chi connectivity index (χ2v) is 5.69. The van der Waals surface area contributed by atoms with E-state index in [-0.39, 0.29) is 5.78 Å². The van der Waals surface area contributed by atoms with Crippen LogP contribution in [0.25, 0.3) is 10.8 Å². The summed E-state index contributed by atoms with van der Waals surface area (Å²) in [5.74, 6) is -0.0865. The van der Waals surface area contributed by atoms with Crippen LogP contribution in [0.2, 0.25) is 10.0 Å². The Kier molecular flexibility index (Phi) is 3.71. The van der Waals surface area contributed by atoms with Gasteiger partial charge in [0.15, 0.2) is 5.78 Å². The molecule has 0 amide bonds. The Hall–Kier alpha value is -1.83. The molecule has 0 spiro atoms. The molecule has 0 aliphatic heterocycles. The van der Waals surface area contributed by atoms with Gasteiger partial charge >= 0.3 is 0 Å². The molecule has 0 aliphatic carbocycles. The molecule has 0 fully saturated rings. The maximum atomic E-state index is 12.8. The molecule has 0 bridgehead atoms. The number of aryl methyl sites for hydroxylation is 1. The van der Waals surface area contributed by atoms with Gasteiger partial charge < -0.3 is 0 Å². The Morgan fingerprint density at radius 1 is 0.810 bits per heavy atom. The van der Waals surface area contributed by atoms with E-state index in [0.717, 1.165) is 16.3 Å². The molecule has 1 nitrogen and oxygen atoms in total. The second-order valence-electron chi connectivity index (χ2n) is 4.91. The summed E-state index contributed by atoms with van der Waals surface area (Å²) in [4.78, 5) is 12.8. The van der Waals surface area contributed by atoms with Gasteiger partial charge in [0, 0.05) is 21.5 Å². The lowest BCUT2D eigenvalue weighted by molar-refractivity contribution is 0.104. The molecular formula is C18H12Cl2O. The number of carbonyl (C=O) groups excluding carboxylic acids is 1. The van der Waals surface area contributed by atoms with E-state index in [0.29, 0.717) is 21.2 Å². The molecule has 21 heavy (non-hydrogen) atoms. The lowest BCUT2D eigenvalue weighted by Crippen LogP contribution is -2.04. The van der Waals surface area contributed by atoms with E-state index in [2.05, 4.69) is 0 Å². The molecule has 3 aromatic carbocycles. The van der Waals surface area contributed by atoms with Gasteiger partial charge in [0.2, 0.25) is 0 Å². The van der Waals surface area contributed by atoms with Crippen LogP contribution in [-0.2, 0) is 0 Å². The van der Waals surface area contributed by atoms with Crippen LogP contribution < -0.4 is 0 Å². The van der Waals surface area contributed by atoms with Gasteiger partial charge in [-0.1, -0.05) is 59.6 Å². The van der Waals surface area contributed by atoms with Gasteiger partial charge in [-0.3, -0.25) is 4.79 Å². The highest BCUT2D eigenvalue weighted by atomic mass is 35.5. The number of carbonyl (C=O) groups is 1. The largest absolute Gasteiger partial charge is 0.289 e. The van der Waals surface area contributed by atoms with Crippen LogP contribution in [0, 0.1) is 6.92 Å². The number of rotatable bonds is 2. The molecule has 3 aromatic rings. The quantitative estimate of drug-likeness (QED) is 0.556. The summed E-state index contributed by atoms with van der Waals surface area (Å²) < 4.78 is 0. The summed E-state index contributed by atoms with van der Waals surface area (Å²) in [5.41, 5.74) is 2.02. The number of benzene rings is 3. The fourth-order valence-electron chi connectivity index (χ4n) is 2.43. The third-order valence-corrected chi connectivity index (χ3v) is 4.38. The zero-order chi connectivity index (χ0) is 15.0. The lowest BCUT2D eigenvalue weighted by Gasteiger charge is -2.09. The van der Waals surface area contributed by atoms with Gasteiger partial charge in [-0.2, -0.15) is 0 Å². The first kappa shape index (κ1) is 14.1. The normalized spacial score (nSPS) is 10.8. The molecule has 0 aromatic heterocycles. The first-order chi connectivity index (χ1) is 10.1. The van der Waals surface area contributed by atoms with E-state index < -0.39 is 0 Å². The minimum Gasteiger partial charge on any atom is -0.289 e. The average Bonchev–Trinajstić information content (AvgIpc) is 2.50. The SMILES string of the molecule is Cc1cccc(C(=O)c2ccc(Cl)c3ccccc23)c1Cl. The molecule has 0 atom stereocenters. The zero-order valence-electron chi connectivity index (χ0n) is 11.4. The summed E-state index contributed by atoms with van der Waals surface area (Å²) in [6.07, 6.45) is 0. The number of hydrogen-bond donors (Lipinski definition) is 0. The van der Waals surface area contributed by atoms with E-state index in [1.165, 1.54) is 0 Å². The highest BCUT2D eigenvalue weighted by molar-refractivity contribution is 6.38. The Balaban J connectivity index is 2.23. The van der Waals surface area contributed by atoms with E-state index in [4.69, 9.17) is 23.2 Å². The summed E-state index contributed by atoms with van der Waals surface area (Å²) >= 11 is 12.5. The van der Waals surface area contributed by atoms with Crippen LogP contribution in [0.15, 0.2) is 54.6 Å². The van der Waals surface area contributed by atoms with E-state index in [1.54, 1.807) is 18.2 Å². The molecule has 0 radical (unpaired) electrons. The molecule has 3 rings (SSSR count). The molecule has 0 N–H and O–H groups in total. The molecule has 104 valence electrons. The van der Waals surface area contributed by atoms with Crippen molar-refractivity contribution in [1.82, 2.24) is 0 Å². The minimum atomic E-state index is -0.0865. The fourth-order valence-corrected chi connectivity index (χ4v) is 2.87. The van der Waals surface area contributed by atoms with E-state index in [9.17, 15) is 4.79 Å². The number of ketones is 1. The smallest absolute Gasteiger partial charge is 0.195 e. The summed E-state index contributed by atoms with van der Waals surface area (Å²) in [6, 6.07) is 16.6. The molecule has 0 saturated carbocycles. The Bertz CT molecular complexity index is 853. The van der Waals surface area contributed by atoms with Gasteiger partial charge in [0.1, 0.15) is 0 Å². The van der Waals surface area contributed by atoms with Crippen molar-refractivity contribution >= 4 is 39.8 Å². The van der Waals surface area contributed by atoms with Crippen molar-refractivity contribution in [2.45, 2.75) is 6.92 Å². The maximum absolute atomic E-state index is 12.8.